The number of ether oxygens (including phenoxy) is 1. The van der Waals surface area contributed by atoms with Crippen LogP contribution in [0, 0.1) is 0 Å². The second-order valence-corrected chi connectivity index (χ2v) is 4.73. The summed E-state index contributed by atoms with van der Waals surface area (Å²) in [6.45, 7) is 0. The van der Waals surface area contributed by atoms with Crippen molar-refractivity contribution in [2.24, 2.45) is 5.10 Å². The molecule has 0 fully saturated rings. The first-order valence-electron chi connectivity index (χ1n) is 5.60. The highest BCUT2D eigenvalue weighted by Gasteiger charge is 2.00. The predicted octanol–water partition coefficient (Wildman–Crippen LogP) is 3.61. The van der Waals surface area contributed by atoms with Gasteiger partial charge in [0.2, 0.25) is 0 Å². The Labute approximate surface area is 119 Å². The number of hydrogen-bond acceptors (Lipinski definition) is 4. The molecule has 2 aromatic carbocycles. The van der Waals surface area contributed by atoms with Crippen molar-refractivity contribution in [3.63, 3.8) is 0 Å². The van der Waals surface area contributed by atoms with Crippen molar-refractivity contribution >= 4 is 27.8 Å². The van der Waals surface area contributed by atoms with E-state index in [0.29, 0.717) is 5.75 Å². The van der Waals surface area contributed by atoms with Gasteiger partial charge in [0, 0.05) is 4.47 Å². The maximum absolute atomic E-state index is 9.48. The Balaban J connectivity index is 2.07. The fraction of sp³-hybridized carbons (Fsp3) is 0.0714. The SMILES string of the molecule is COc1cc(/C=N\Nc2cccc(Br)c2)ccc1O. The Bertz CT molecular complexity index is 600. The first-order valence-corrected chi connectivity index (χ1v) is 6.40. The number of benzene rings is 2. The van der Waals surface area contributed by atoms with E-state index >= 15 is 0 Å². The zero-order valence-corrected chi connectivity index (χ0v) is 11.9. The van der Waals surface area contributed by atoms with Gasteiger partial charge in [-0.3, -0.25) is 5.43 Å². The summed E-state index contributed by atoms with van der Waals surface area (Å²) in [6.07, 6.45) is 1.66. The molecule has 19 heavy (non-hydrogen) atoms. The summed E-state index contributed by atoms with van der Waals surface area (Å²) < 4.78 is 6.01. The van der Waals surface area contributed by atoms with Crippen LogP contribution in [-0.2, 0) is 0 Å². The Hall–Kier alpha value is -2.01. The second-order valence-electron chi connectivity index (χ2n) is 3.81. The van der Waals surface area contributed by atoms with Crippen molar-refractivity contribution in [2.45, 2.75) is 0 Å². The van der Waals surface area contributed by atoms with E-state index in [-0.39, 0.29) is 5.75 Å². The molecule has 4 nitrogen and oxygen atoms in total. The lowest BCUT2D eigenvalue weighted by atomic mass is 10.2. The summed E-state index contributed by atoms with van der Waals surface area (Å²) in [7, 11) is 1.51. The van der Waals surface area contributed by atoms with Crippen molar-refractivity contribution in [3.05, 3.63) is 52.5 Å². The molecule has 2 N–H and O–H groups in total. The molecule has 0 spiro atoms. The number of halogens is 1. The molecule has 0 saturated carbocycles. The zero-order valence-electron chi connectivity index (χ0n) is 10.3. The molecule has 0 saturated heterocycles. The van der Waals surface area contributed by atoms with Gasteiger partial charge in [0.15, 0.2) is 11.5 Å². The molecule has 2 rings (SSSR count). The van der Waals surface area contributed by atoms with Crippen molar-refractivity contribution in [1.29, 1.82) is 0 Å². The molecule has 0 unspecified atom stereocenters. The molecule has 5 heteroatoms. The number of rotatable bonds is 4. The monoisotopic (exact) mass is 320 g/mol. The molecule has 0 aliphatic rings. The number of phenolic OH excluding ortho intramolecular Hbond substituents is 1. The van der Waals surface area contributed by atoms with Crippen molar-refractivity contribution in [3.8, 4) is 11.5 Å². The Morgan fingerprint density at radius 2 is 2.11 bits per heavy atom. The lowest BCUT2D eigenvalue weighted by Crippen LogP contribution is -1.91. The number of hydrazone groups is 1. The Morgan fingerprint density at radius 1 is 1.26 bits per heavy atom. The molecule has 0 aliphatic heterocycles. The number of nitrogens with one attached hydrogen (secondary N) is 1. The van der Waals surface area contributed by atoms with E-state index in [4.69, 9.17) is 4.74 Å². The highest BCUT2D eigenvalue weighted by atomic mass is 79.9. The van der Waals surface area contributed by atoms with Crippen LogP contribution >= 0.6 is 15.9 Å². The number of anilines is 1. The number of aromatic hydroxyl groups is 1. The van der Waals surface area contributed by atoms with Crippen LogP contribution < -0.4 is 10.2 Å². The normalized spacial score (nSPS) is 10.6. The van der Waals surface area contributed by atoms with Crippen LogP contribution in [0.2, 0.25) is 0 Å². The van der Waals surface area contributed by atoms with Crippen LogP contribution in [0.5, 0.6) is 11.5 Å². The molecule has 0 aromatic heterocycles. The fourth-order valence-electron chi connectivity index (χ4n) is 1.51. The van der Waals surface area contributed by atoms with Gasteiger partial charge in [-0.25, -0.2) is 0 Å². The highest BCUT2D eigenvalue weighted by Crippen LogP contribution is 2.25. The summed E-state index contributed by atoms with van der Waals surface area (Å²) in [4.78, 5) is 0. The minimum absolute atomic E-state index is 0.111. The van der Waals surface area contributed by atoms with E-state index in [0.717, 1.165) is 15.7 Å². The van der Waals surface area contributed by atoms with Crippen molar-refractivity contribution in [1.82, 2.24) is 0 Å². The average Bonchev–Trinajstić information content (AvgIpc) is 2.41. The van der Waals surface area contributed by atoms with Gasteiger partial charge in [-0.15, -0.1) is 0 Å². The van der Waals surface area contributed by atoms with Crippen molar-refractivity contribution in [2.75, 3.05) is 12.5 Å². The third-order valence-electron chi connectivity index (χ3n) is 2.44. The summed E-state index contributed by atoms with van der Waals surface area (Å²) in [5.41, 5.74) is 4.64. The van der Waals surface area contributed by atoms with E-state index in [1.54, 1.807) is 24.4 Å². The predicted molar refractivity (Wildman–Crippen MR) is 80.0 cm³/mol. The van der Waals surface area contributed by atoms with E-state index in [1.807, 2.05) is 24.3 Å². The Morgan fingerprint density at radius 3 is 2.84 bits per heavy atom. The van der Waals surface area contributed by atoms with Crippen LogP contribution in [0.1, 0.15) is 5.56 Å². The minimum Gasteiger partial charge on any atom is -0.504 e. The van der Waals surface area contributed by atoms with Crippen LogP contribution in [0.4, 0.5) is 5.69 Å². The Kier molecular flexibility index (Phi) is 4.41. The van der Waals surface area contributed by atoms with E-state index in [1.165, 1.54) is 7.11 Å². The average molecular weight is 321 g/mol. The van der Waals surface area contributed by atoms with E-state index in [9.17, 15) is 5.11 Å². The van der Waals surface area contributed by atoms with Gasteiger partial charge in [0.1, 0.15) is 0 Å². The number of methoxy groups -OCH3 is 1. The van der Waals surface area contributed by atoms with Crippen molar-refractivity contribution < 1.29 is 9.84 Å². The van der Waals surface area contributed by atoms with Gasteiger partial charge >= 0.3 is 0 Å². The molecule has 0 amide bonds. The third-order valence-corrected chi connectivity index (χ3v) is 2.93. The van der Waals surface area contributed by atoms with Crippen LogP contribution in [0.25, 0.3) is 0 Å². The van der Waals surface area contributed by atoms with Crippen LogP contribution in [-0.4, -0.2) is 18.4 Å². The fourth-order valence-corrected chi connectivity index (χ4v) is 1.91. The maximum Gasteiger partial charge on any atom is 0.161 e. The molecule has 0 heterocycles. The largest absolute Gasteiger partial charge is 0.504 e. The molecule has 0 bridgehead atoms. The number of nitrogens with zero attached hydrogens (tertiary/aromatic N) is 1. The molecule has 0 radical (unpaired) electrons. The van der Waals surface area contributed by atoms with Crippen LogP contribution in [0.3, 0.4) is 0 Å². The van der Waals surface area contributed by atoms with Gasteiger partial charge in [0.25, 0.3) is 0 Å². The van der Waals surface area contributed by atoms with Gasteiger partial charge in [-0.1, -0.05) is 22.0 Å². The van der Waals surface area contributed by atoms with Gasteiger partial charge < -0.3 is 9.84 Å². The topological polar surface area (TPSA) is 53.8 Å². The molecular formula is C14H13BrN2O2. The molecule has 0 aliphatic carbocycles. The molecular weight excluding hydrogens is 308 g/mol. The lowest BCUT2D eigenvalue weighted by molar-refractivity contribution is 0.373. The second kappa shape index (κ2) is 6.24. The summed E-state index contributed by atoms with van der Waals surface area (Å²) in [5, 5.41) is 13.6. The van der Waals surface area contributed by atoms with Gasteiger partial charge in [-0.05, 0) is 42.0 Å². The first-order chi connectivity index (χ1) is 9.19. The minimum atomic E-state index is 0.111. The molecule has 98 valence electrons. The smallest absolute Gasteiger partial charge is 0.161 e. The number of hydrogen-bond donors (Lipinski definition) is 2. The summed E-state index contributed by atoms with van der Waals surface area (Å²) in [6, 6.07) is 12.7. The zero-order chi connectivity index (χ0) is 13.7. The molecule has 2 aromatic rings. The maximum atomic E-state index is 9.48. The summed E-state index contributed by atoms with van der Waals surface area (Å²) in [5.74, 6) is 0.533. The van der Waals surface area contributed by atoms with Gasteiger partial charge in [-0.2, -0.15) is 5.10 Å². The van der Waals surface area contributed by atoms with E-state index < -0.39 is 0 Å². The summed E-state index contributed by atoms with van der Waals surface area (Å²) >= 11 is 3.39. The van der Waals surface area contributed by atoms with Crippen LogP contribution in [0.15, 0.2) is 52.0 Å². The van der Waals surface area contributed by atoms with E-state index in [2.05, 4.69) is 26.5 Å². The lowest BCUT2D eigenvalue weighted by Gasteiger charge is -2.04. The first kappa shape index (κ1) is 13.4. The quantitative estimate of drug-likeness (QED) is 0.668. The van der Waals surface area contributed by atoms with Gasteiger partial charge in [0.05, 0.1) is 19.0 Å². The highest BCUT2D eigenvalue weighted by molar-refractivity contribution is 9.10. The third kappa shape index (κ3) is 3.72. The number of phenols is 1. The molecule has 0 atom stereocenters. The standard InChI is InChI=1S/C14H13BrN2O2/c1-19-14-7-10(5-6-13(14)18)9-16-17-12-4-2-3-11(15)8-12/h2-9,17-18H,1H3/b16-9-.